The van der Waals surface area contributed by atoms with Crippen molar-refractivity contribution in [1.29, 1.82) is 0 Å². The van der Waals surface area contributed by atoms with Crippen LogP contribution in [-0.4, -0.2) is 75.7 Å². The van der Waals surface area contributed by atoms with Crippen molar-refractivity contribution < 1.29 is 32.8 Å². The lowest BCUT2D eigenvalue weighted by Gasteiger charge is -2.25. The Morgan fingerprint density at radius 2 is 1.24 bits per heavy atom. The molecule has 19 heteroatoms. The number of aryl methyl sites for hydroxylation is 1. The highest BCUT2D eigenvalue weighted by molar-refractivity contribution is 9.10. The van der Waals surface area contributed by atoms with E-state index in [9.17, 15) is 19.2 Å². The Bertz CT molecular complexity index is 1510. The third-order valence-electron chi connectivity index (χ3n) is 5.23. The lowest BCUT2D eigenvalue weighted by Crippen LogP contribution is -2.44. The third kappa shape index (κ3) is 8.19. The van der Waals surface area contributed by atoms with E-state index in [0.717, 1.165) is 0 Å². The molecule has 0 amide bonds. The standard InChI is InChI=1S/C10H11N3O3.C9H8BrN3O3.C3H9B3O3/c1-3-16-10(15)7-4-11-13-5-6(2)12-9(13)8(7)14;1-2-16-9(15)5-3-11-13-4-6(10)12-8(13)7(5)14;1-4-7-5(2)9-6(3)8-4/h4-5,11H,3H2,1-2H3;3-4,11H,2H2,1H3;1-3H3. The van der Waals surface area contributed by atoms with Gasteiger partial charge in [-0.15, -0.1) is 0 Å². The topological polar surface area (TPSA) is 181 Å². The summed E-state index contributed by atoms with van der Waals surface area (Å²) in [7, 11) is -0.406. The summed E-state index contributed by atoms with van der Waals surface area (Å²) >= 11 is 3.14. The first-order valence-corrected chi connectivity index (χ1v) is 13.4. The molecule has 1 aliphatic rings. The van der Waals surface area contributed by atoms with Crippen LogP contribution in [0.4, 0.5) is 0 Å². The Morgan fingerprint density at radius 1 is 0.829 bits per heavy atom. The lowest BCUT2D eigenvalue weighted by atomic mass is 9.74. The molecule has 5 heterocycles. The molecule has 0 radical (unpaired) electrons. The minimum absolute atomic E-state index is 0.0278. The number of nitrogens with one attached hydrogen (secondary N) is 2. The van der Waals surface area contributed by atoms with Crippen molar-refractivity contribution in [3.63, 3.8) is 0 Å². The number of halogens is 1. The van der Waals surface area contributed by atoms with Crippen LogP contribution in [0.25, 0.3) is 11.3 Å². The normalized spacial score (nSPS) is 12.9. The average molecular weight is 633 g/mol. The van der Waals surface area contributed by atoms with E-state index in [1.807, 2.05) is 20.5 Å². The van der Waals surface area contributed by atoms with E-state index < -0.39 is 22.8 Å². The maximum atomic E-state index is 11.9. The molecule has 1 aliphatic heterocycles. The van der Waals surface area contributed by atoms with E-state index in [0.29, 0.717) is 10.3 Å². The molecule has 0 spiro atoms. The molecule has 41 heavy (non-hydrogen) atoms. The fourth-order valence-corrected chi connectivity index (χ4v) is 4.01. The zero-order chi connectivity index (χ0) is 30.3. The fourth-order valence-electron chi connectivity index (χ4n) is 3.63. The van der Waals surface area contributed by atoms with E-state index in [4.69, 9.17) is 23.2 Å². The van der Waals surface area contributed by atoms with E-state index >= 15 is 0 Å². The molecule has 0 aromatic carbocycles. The Balaban J connectivity index is 0.000000176. The molecule has 5 rings (SSSR count). The number of carbonyl (C=O) groups excluding carboxylic acids is 2. The van der Waals surface area contributed by atoms with Gasteiger partial charge in [0.1, 0.15) is 15.7 Å². The van der Waals surface area contributed by atoms with Gasteiger partial charge in [0.05, 0.1) is 31.3 Å². The minimum atomic E-state index is -0.648. The van der Waals surface area contributed by atoms with Gasteiger partial charge in [-0.05, 0) is 57.2 Å². The van der Waals surface area contributed by atoms with Gasteiger partial charge < -0.3 is 23.2 Å². The Morgan fingerprint density at radius 3 is 1.68 bits per heavy atom. The molecule has 4 aromatic heterocycles. The van der Waals surface area contributed by atoms with Crippen LogP contribution in [0.5, 0.6) is 0 Å². The summed E-state index contributed by atoms with van der Waals surface area (Å²) in [6, 6.07) is 0. The SMILES string of the molecule is CB1OB(C)OB(C)O1.CCOC(=O)c1c[nH]n2cc(Br)nc2c1=O.CCOC(=O)c1c[nH]n2cc(C)nc2c1=O. The first kappa shape index (κ1) is 31.9. The predicted molar refractivity (Wildman–Crippen MR) is 154 cm³/mol. The maximum absolute atomic E-state index is 11.9. The van der Waals surface area contributed by atoms with Gasteiger partial charge in [0.15, 0.2) is 0 Å². The number of H-pyrrole nitrogens is 2. The highest BCUT2D eigenvalue weighted by Gasteiger charge is 2.31. The molecule has 0 aliphatic carbocycles. The van der Waals surface area contributed by atoms with E-state index in [2.05, 4.69) is 36.1 Å². The Hall–Kier alpha value is -3.67. The Kier molecular flexibility index (Phi) is 11.1. The minimum Gasteiger partial charge on any atom is -0.462 e. The molecule has 0 atom stereocenters. The van der Waals surface area contributed by atoms with Gasteiger partial charge in [0.2, 0.25) is 22.2 Å². The molecule has 4 aromatic rings. The number of nitrogens with zero attached hydrogens (tertiary/aromatic N) is 4. The first-order valence-electron chi connectivity index (χ1n) is 12.6. The van der Waals surface area contributed by atoms with E-state index in [1.165, 1.54) is 21.4 Å². The number of aromatic nitrogens is 6. The lowest BCUT2D eigenvalue weighted by molar-refractivity contribution is 0.0514. The second-order valence-electron chi connectivity index (χ2n) is 8.42. The highest BCUT2D eigenvalue weighted by atomic mass is 79.9. The predicted octanol–water partition coefficient (Wildman–Crippen LogP) is 1.87. The molecular formula is C22H28B3BrN6O9. The van der Waals surface area contributed by atoms with Gasteiger partial charge in [0, 0.05) is 12.4 Å². The smallest absolute Gasteiger partial charge is 0.426 e. The number of fused-ring (bicyclic) bond motifs is 2. The average Bonchev–Trinajstić information content (AvgIpc) is 3.47. The van der Waals surface area contributed by atoms with Crippen LogP contribution >= 0.6 is 15.9 Å². The van der Waals surface area contributed by atoms with Crippen LogP contribution in [-0.2, 0) is 23.2 Å². The molecule has 216 valence electrons. The number of hydrogen-bond acceptors (Lipinski definition) is 11. The summed E-state index contributed by atoms with van der Waals surface area (Å²) in [4.78, 5) is 54.5. The summed E-state index contributed by atoms with van der Waals surface area (Å²) in [5, 5.41) is 5.52. The maximum Gasteiger partial charge on any atom is 0.426 e. The number of ether oxygens (including phenoxy) is 2. The van der Waals surface area contributed by atoms with Gasteiger partial charge in [-0.25, -0.2) is 28.6 Å². The van der Waals surface area contributed by atoms with Crippen LogP contribution in [0.2, 0.25) is 20.5 Å². The second-order valence-corrected chi connectivity index (χ2v) is 9.23. The second kappa shape index (κ2) is 14.3. The Labute approximate surface area is 243 Å². The quantitative estimate of drug-likeness (QED) is 0.248. The molecule has 0 saturated carbocycles. The number of aromatic amines is 2. The van der Waals surface area contributed by atoms with Crippen LogP contribution in [0.1, 0.15) is 40.3 Å². The van der Waals surface area contributed by atoms with Crippen molar-refractivity contribution in [3.05, 3.63) is 66.7 Å². The van der Waals surface area contributed by atoms with Gasteiger partial charge in [-0.1, -0.05) is 0 Å². The molecular weight excluding hydrogens is 605 g/mol. The molecule has 2 N–H and O–H groups in total. The number of carbonyl (C=O) groups is 2. The van der Waals surface area contributed by atoms with Gasteiger partial charge in [0.25, 0.3) is 0 Å². The van der Waals surface area contributed by atoms with E-state index in [-0.39, 0.29) is 57.0 Å². The van der Waals surface area contributed by atoms with Crippen LogP contribution in [0, 0.1) is 6.92 Å². The van der Waals surface area contributed by atoms with Crippen molar-refractivity contribution in [2.24, 2.45) is 0 Å². The molecule has 0 unspecified atom stereocenters. The largest absolute Gasteiger partial charge is 0.462 e. The number of hydrogen-bond donors (Lipinski definition) is 2. The van der Waals surface area contributed by atoms with Crippen molar-refractivity contribution >= 4 is 60.5 Å². The van der Waals surface area contributed by atoms with Crippen LogP contribution in [0.15, 0.2) is 39.0 Å². The first-order chi connectivity index (χ1) is 19.4. The molecule has 0 bridgehead atoms. The van der Waals surface area contributed by atoms with Crippen molar-refractivity contribution in [2.45, 2.75) is 41.2 Å². The van der Waals surface area contributed by atoms with Crippen LogP contribution in [0.3, 0.4) is 0 Å². The van der Waals surface area contributed by atoms with Crippen molar-refractivity contribution in [2.75, 3.05) is 13.2 Å². The monoisotopic (exact) mass is 632 g/mol. The molecule has 1 saturated heterocycles. The fraction of sp³-hybridized carbons (Fsp3) is 0.364. The number of rotatable bonds is 4. The summed E-state index contributed by atoms with van der Waals surface area (Å²) in [5.41, 5.74) is 0.0930. The zero-order valence-corrected chi connectivity index (χ0v) is 24.9. The molecule has 15 nitrogen and oxygen atoms in total. The highest BCUT2D eigenvalue weighted by Crippen LogP contribution is 2.08. The van der Waals surface area contributed by atoms with Gasteiger partial charge >= 0.3 is 33.3 Å². The number of esters is 2. The van der Waals surface area contributed by atoms with Gasteiger partial charge in [-0.2, -0.15) is 0 Å². The summed E-state index contributed by atoms with van der Waals surface area (Å²) < 4.78 is 28.3. The van der Waals surface area contributed by atoms with E-state index in [1.54, 1.807) is 33.2 Å². The third-order valence-corrected chi connectivity index (χ3v) is 5.62. The summed E-state index contributed by atoms with van der Waals surface area (Å²) in [6.07, 6.45) is 5.90. The summed E-state index contributed by atoms with van der Waals surface area (Å²) in [6.45, 7) is 11.2. The van der Waals surface area contributed by atoms with Crippen molar-refractivity contribution in [1.82, 2.24) is 29.2 Å². The molecule has 1 fully saturated rings. The summed E-state index contributed by atoms with van der Waals surface area (Å²) in [5.74, 6) is -1.28. The number of imidazole rings is 2. The van der Waals surface area contributed by atoms with Crippen LogP contribution < -0.4 is 10.9 Å². The van der Waals surface area contributed by atoms with Crippen molar-refractivity contribution in [3.8, 4) is 0 Å². The van der Waals surface area contributed by atoms with Gasteiger partial charge in [-0.3, -0.25) is 19.8 Å². The zero-order valence-electron chi connectivity index (χ0n) is 23.3.